The average molecular weight is 550 g/mol. The molecule has 0 amide bonds. The van der Waals surface area contributed by atoms with Crippen molar-refractivity contribution in [1.29, 1.82) is 0 Å². The van der Waals surface area contributed by atoms with E-state index in [1.165, 1.54) is 91.1 Å². The van der Waals surface area contributed by atoms with E-state index in [1.54, 1.807) is 0 Å². The molecular weight excluding hydrogens is 527 g/mol. The first kappa shape index (κ1) is 22.5. The van der Waals surface area contributed by atoms with Crippen molar-refractivity contribution in [1.82, 2.24) is 4.57 Å². The van der Waals surface area contributed by atoms with Gasteiger partial charge in [0.2, 0.25) is 0 Å². The summed E-state index contributed by atoms with van der Waals surface area (Å²) >= 11 is 1.88. The molecule has 0 spiro atoms. The average Bonchev–Trinajstić information content (AvgIpc) is 3.57. The highest BCUT2D eigenvalue weighted by Crippen LogP contribution is 2.42. The van der Waals surface area contributed by atoms with Gasteiger partial charge in [-0.1, -0.05) is 103 Å². The third kappa shape index (κ3) is 2.97. The lowest BCUT2D eigenvalue weighted by atomic mass is 9.90. The zero-order valence-electron chi connectivity index (χ0n) is 22.6. The highest BCUT2D eigenvalue weighted by atomic mass is 32.1. The molecule has 8 aromatic carbocycles. The van der Waals surface area contributed by atoms with Crippen LogP contribution < -0.4 is 0 Å². The minimum Gasteiger partial charge on any atom is -0.309 e. The molecule has 0 bridgehead atoms. The van der Waals surface area contributed by atoms with Crippen molar-refractivity contribution in [2.45, 2.75) is 0 Å². The summed E-state index contributed by atoms with van der Waals surface area (Å²) in [7, 11) is 0. The Hall–Kier alpha value is -5.18. The number of para-hydroxylation sites is 1. The summed E-state index contributed by atoms with van der Waals surface area (Å²) in [5.41, 5.74) is 6.18. The summed E-state index contributed by atoms with van der Waals surface area (Å²) in [6, 6.07) is 51.8. The van der Waals surface area contributed by atoms with Gasteiger partial charge in [0.05, 0.1) is 11.0 Å². The van der Waals surface area contributed by atoms with E-state index in [9.17, 15) is 0 Å². The van der Waals surface area contributed by atoms with Crippen LogP contribution in [0.2, 0.25) is 0 Å². The maximum atomic E-state index is 2.45. The van der Waals surface area contributed by atoms with Crippen LogP contribution in [0.25, 0.3) is 91.1 Å². The smallest absolute Gasteiger partial charge is 0.0548 e. The third-order valence-corrected chi connectivity index (χ3v) is 10.2. The second kappa shape index (κ2) is 8.19. The van der Waals surface area contributed by atoms with Crippen LogP contribution in [-0.4, -0.2) is 4.57 Å². The SMILES string of the molecule is c1cc(-c2ccc3ccc4cccc5ccc2c3c45)cc(-n2c3ccccc3c3cc4sc5ccccc5c4cc32)c1. The summed E-state index contributed by atoms with van der Waals surface area (Å²) in [6.07, 6.45) is 0. The molecule has 0 aliphatic rings. The topological polar surface area (TPSA) is 4.93 Å². The van der Waals surface area contributed by atoms with E-state index in [0.717, 1.165) is 0 Å². The van der Waals surface area contributed by atoms with E-state index in [1.807, 2.05) is 11.3 Å². The van der Waals surface area contributed by atoms with E-state index in [4.69, 9.17) is 0 Å². The zero-order valence-corrected chi connectivity index (χ0v) is 23.5. The highest BCUT2D eigenvalue weighted by Gasteiger charge is 2.17. The van der Waals surface area contributed by atoms with Crippen LogP contribution >= 0.6 is 11.3 Å². The molecule has 0 aliphatic carbocycles. The van der Waals surface area contributed by atoms with Crippen molar-refractivity contribution in [3.05, 3.63) is 140 Å². The second-order valence-electron chi connectivity index (χ2n) is 11.3. The normalized spacial score (nSPS) is 12.3. The van der Waals surface area contributed by atoms with Gasteiger partial charge in [0.15, 0.2) is 0 Å². The van der Waals surface area contributed by atoms with Gasteiger partial charge in [-0.2, -0.15) is 0 Å². The van der Waals surface area contributed by atoms with Crippen LogP contribution in [0.5, 0.6) is 0 Å². The Morgan fingerprint density at radius 1 is 0.405 bits per heavy atom. The second-order valence-corrected chi connectivity index (χ2v) is 12.4. The summed E-state index contributed by atoms with van der Waals surface area (Å²) in [5.74, 6) is 0. The number of thiophene rings is 1. The largest absolute Gasteiger partial charge is 0.309 e. The molecule has 0 saturated carbocycles. The molecule has 1 nitrogen and oxygen atoms in total. The van der Waals surface area contributed by atoms with E-state index in [0.29, 0.717) is 0 Å². The third-order valence-electron chi connectivity index (χ3n) is 9.12. The molecule has 0 atom stereocenters. The molecule has 0 aliphatic heterocycles. The molecule has 2 aromatic heterocycles. The lowest BCUT2D eigenvalue weighted by Gasteiger charge is -2.15. The fraction of sp³-hybridized carbons (Fsp3) is 0. The van der Waals surface area contributed by atoms with Crippen molar-refractivity contribution in [2.75, 3.05) is 0 Å². The molecule has 0 saturated heterocycles. The van der Waals surface area contributed by atoms with Gasteiger partial charge in [0.1, 0.15) is 0 Å². The minimum absolute atomic E-state index is 1.18. The van der Waals surface area contributed by atoms with Crippen LogP contribution in [-0.2, 0) is 0 Å². The van der Waals surface area contributed by atoms with Crippen molar-refractivity contribution >= 4 is 85.6 Å². The van der Waals surface area contributed by atoms with Crippen molar-refractivity contribution in [2.24, 2.45) is 0 Å². The minimum atomic E-state index is 1.18. The van der Waals surface area contributed by atoms with Crippen LogP contribution in [0.3, 0.4) is 0 Å². The predicted molar refractivity (Wildman–Crippen MR) is 183 cm³/mol. The Kier molecular flexibility index (Phi) is 4.39. The van der Waals surface area contributed by atoms with E-state index in [-0.39, 0.29) is 0 Å². The lowest BCUT2D eigenvalue weighted by molar-refractivity contribution is 1.18. The number of nitrogens with zero attached hydrogens (tertiary/aromatic N) is 1. The van der Waals surface area contributed by atoms with Crippen molar-refractivity contribution in [3.63, 3.8) is 0 Å². The van der Waals surface area contributed by atoms with Crippen LogP contribution in [0.4, 0.5) is 0 Å². The van der Waals surface area contributed by atoms with Crippen molar-refractivity contribution < 1.29 is 0 Å². The fourth-order valence-corrected chi connectivity index (χ4v) is 8.39. The van der Waals surface area contributed by atoms with Gasteiger partial charge < -0.3 is 4.57 Å². The Morgan fingerprint density at radius 3 is 2.05 bits per heavy atom. The number of hydrogen-bond acceptors (Lipinski definition) is 1. The molecule has 42 heavy (non-hydrogen) atoms. The number of fused-ring (bicyclic) bond motifs is 6. The number of aromatic nitrogens is 1. The summed E-state index contributed by atoms with van der Waals surface area (Å²) < 4.78 is 5.14. The number of hydrogen-bond donors (Lipinski definition) is 0. The van der Waals surface area contributed by atoms with Gasteiger partial charge in [-0.3, -0.25) is 0 Å². The Bertz CT molecular complexity index is 2670. The summed E-state index contributed by atoms with van der Waals surface area (Å²) in [4.78, 5) is 0. The molecule has 2 heterocycles. The Balaban J connectivity index is 1.26. The van der Waals surface area contributed by atoms with Gasteiger partial charge >= 0.3 is 0 Å². The molecule has 10 rings (SSSR count). The van der Waals surface area contributed by atoms with Crippen LogP contribution in [0.15, 0.2) is 140 Å². The zero-order chi connectivity index (χ0) is 27.4. The Morgan fingerprint density at radius 2 is 1.14 bits per heavy atom. The molecule has 0 N–H and O–H groups in total. The van der Waals surface area contributed by atoms with Gasteiger partial charge in [-0.05, 0) is 79.8 Å². The standard InChI is InChI=1S/C40H23NS/c1-3-13-35-30(11-1)33-23-38-34(31-12-2-4-14-37(31)42-38)22-36(33)41(35)28-10-6-9-27(21-28)29-19-17-26-16-15-24-7-5-8-25-18-20-32(29)40(26)39(24)25/h1-23H. The van der Waals surface area contributed by atoms with Crippen LogP contribution in [0, 0.1) is 0 Å². The summed E-state index contributed by atoms with van der Waals surface area (Å²) in [5, 5.41) is 13.2. The number of benzene rings is 8. The van der Waals surface area contributed by atoms with Crippen LogP contribution in [0.1, 0.15) is 0 Å². The van der Waals surface area contributed by atoms with E-state index < -0.39 is 0 Å². The first-order chi connectivity index (χ1) is 20.8. The molecule has 0 radical (unpaired) electrons. The van der Waals surface area contributed by atoms with E-state index >= 15 is 0 Å². The maximum absolute atomic E-state index is 2.45. The molecule has 2 heteroatoms. The highest BCUT2D eigenvalue weighted by molar-refractivity contribution is 7.25. The monoisotopic (exact) mass is 549 g/mol. The summed E-state index contributed by atoms with van der Waals surface area (Å²) in [6.45, 7) is 0. The van der Waals surface area contributed by atoms with Gasteiger partial charge in [-0.25, -0.2) is 0 Å². The maximum Gasteiger partial charge on any atom is 0.0548 e. The molecule has 10 aromatic rings. The van der Waals surface area contributed by atoms with Gasteiger partial charge in [0.25, 0.3) is 0 Å². The van der Waals surface area contributed by atoms with Crippen molar-refractivity contribution in [3.8, 4) is 16.8 Å². The molecule has 0 unspecified atom stereocenters. The quantitative estimate of drug-likeness (QED) is 0.189. The van der Waals surface area contributed by atoms with Gasteiger partial charge in [0, 0.05) is 36.6 Å². The Labute approximate surface area is 245 Å². The first-order valence-electron chi connectivity index (χ1n) is 14.4. The van der Waals surface area contributed by atoms with E-state index in [2.05, 4.69) is 144 Å². The molecule has 194 valence electrons. The number of rotatable bonds is 2. The first-order valence-corrected chi connectivity index (χ1v) is 15.3. The fourth-order valence-electron chi connectivity index (χ4n) is 7.26. The lowest BCUT2D eigenvalue weighted by Crippen LogP contribution is -1.94. The molecule has 0 fully saturated rings. The predicted octanol–water partition coefficient (Wildman–Crippen LogP) is 11.7. The molecular formula is C40H23NS. The van der Waals surface area contributed by atoms with Gasteiger partial charge in [-0.15, -0.1) is 11.3 Å².